The molecule has 2 aromatic rings. The van der Waals surface area contributed by atoms with E-state index in [4.69, 9.17) is 10.8 Å². The quantitative estimate of drug-likeness (QED) is 0.725. The van der Waals surface area contributed by atoms with Crippen molar-refractivity contribution < 1.29 is 10.2 Å². The number of aliphatic hydroxyl groups is 2. The van der Waals surface area contributed by atoms with Gasteiger partial charge in [-0.05, 0) is 17.0 Å². The van der Waals surface area contributed by atoms with Gasteiger partial charge in [0.1, 0.15) is 0 Å². The van der Waals surface area contributed by atoms with Gasteiger partial charge in [-0.25, -0.2) is 0 Å². The lowest BCUT2D eigenvalue weighted by Crippen LogP contribution is -2.16. The summed E-state index contributed by atoms with van der Waals surface area (Å²) >= 11 is 1.63. The number of aliphatic hydroxyl groups excluding tert-OH is 2. The van der Waals surface area contributed by atoms with Gasteiger partial charge < -0.3 is 15.9 Å². The number of thiophene rings is 1. The first-order valence-corrected chi connectivity index (χ1v) is 6.30. The second-order valence-corrected chi connectivity index (χ2v) is 4.84. The van der Waals surface area contributed by atoms with Crippen LogP contribution in [-0.2, 0) is 6.42 Å². The fraction of sp³-hybridized carbons (Fsp3) is 0.231. The molecule has 0 amide bonds. The average Bonchev–Trinajstić information content (AvgIpc) is 2.85. The summed E-state index contributed by atoms with van der Waals surface area (Å²) < 4.78 is 0. The standard InChI is InChI=1S/C13H15NO2S/c14-13-9(7-10(16)8-15)3-1-4-11(13)12-5-2-6-17-12/h1-6,10,15-16H,7-8,14H2. The molecular formula is C13H15NO2S. The molecule has 0 aliphatic heterocycles. The van der Waals surface area contributed by atoms with Crippen molar-refractivity contribution in [2.24, 2.45) is 0 Å². The average molecular weight is 249 g/mol. The third-order valence-corrected chi connectivity index (χ3v) is 3.55. The topological polar surface area (TPSA) is 66.5 Å². The Hall–Kier alpha value is -1.36. The molecule has 1 unspecified atom stereocenters. The lowest BCUT2D eigenvalue weighted by molar-refractivity contribution is 0.0956. The molecule has 2 rings (SSSR count). The minimum absolute atomic E-state index is 0.247. The first-order valence-electron chi connectivity index (χ1n) is 5.42. The van der Waals surface area contributed by atoms with E-state index in [1.54, 1.807) is 11.3 Å². The van der Waals surface area contributed by atoms with Gasteiger partial charge in [0.05, 0.1) is 12.7 Å². The highest BCUT2D eigenvalue weighted by molar-refractivity contribution is 7.13. The van der Waals surface area contributed by atoms with E-state index in [9.17, 15) is 5.11 Å². The Bertz CT molecular complexity index is 482. The van der Waals surface area contributed by atoms with Gasteiger partial charge in [0.15, 0.2) is 0 Å². The first-order chi connectivity index (χ1) is 8.22. The number of hydrogen-bond acceptors (Lipinski definition) is 4. The van der Waals surface area contributed by atoms with E-state index in [0.717, 1.165) is 16.0 Å². The Morgan fingerprint density at radius 1 is 1.24 bits per heavy atom. The molecule has 0 aliphatic rings. The Kier molecular flexibility index (Phi) is 3.78. The van der Waals surface area contributed by atoms with Crippen LogP contribution in [0.5, 0.6) is 0 Å². The second-order valence-electron chi connectivity index (χ2n) is 3.90. The van der Waals surface area contributed by atoms with Crippen LogP contribution < -0.4 is 5.73 Å². The summed E-state index contributed by atoms with van der Waals surface area (Å²) in [5.74, 6) is 0. The first kappa shape index (κ1) is 12.1. The summed E-state index contributed by atoms with van der Waals surface area (Å²) in [5, 5.41) is 20.3. The van der Waals surface area contributed by atoms with Gasteiger partial charge >= 0.3 is 0 Å². The Labute approximate surface area is 104 Å². The predicted octanol–water partition coefficient (Wildman–Crippen LogP) is 1.89. The number of rotatable bonds is 4. The molecule has 0 spiro atoms. The maximum Gasteiger partial charge on any atom is 0.0811 e. The van der Waals surface area contributed by atoms with Crippen LogP contribution in [0.3, 0.4) is 0 Å². The highest BCUT2D eigenvalue weighted by atomic mass is 32.1. The van der Waals surface area contributed by atoms with Crippen molar-refractivity contribution in [3.63, 3.8) is 0 Å². The molecule has 0 radical (unpaired) electrons. The van der Waals surface area contributed by atoms with Gasteiger partial charge in [-0.1, -0.05) is 24.3 Å². The van der Waals surface area contributed by atoms with E-state index in [1.807, 2.05) is 35.7 Å². The van der Waals surface area contributed by atoms with Crippen LogP contribution in [0.2, 0.25) is 0 Å². The van der Waals surface area contributed by atoms with Gasteiger partial charge in [0, 0.05) is 22.5 Å². The van der Waals surface area contributed by atoms with Crippen molar-refractivity contribution in [3.05, 3.63) is 41.3 Å². The van der Waals surface area contributed by atoms with Crippen LogP contribution >= 0.6 is 11.3 Å². The van der Waals surface area contributed by atoms with Crippen LogP contribution in [0, 0.1) is 0 Å². The lowest BCUT2D eigenvalue weighted by atomic mass is 10.0. The number of para-hydroxylation sites is 1. The molecule has 0 saturated heterocycles. The van der Waals surface area contributed by atoms with Crippen molar-refractivity contribution in [3.8, 4) is 10.4 Å². The van der Waals surface area contributed by atoms with E-state index in [0.29, 0.717) is 12.1 Å². The van der Waals surface area contributed by atoms with Crippen molar-refractivity contribution >= 4 is 17.0 Å². The smallest absolute Gasteiger partial charge is 0.0811 e. The molecule has 1 atom stereocenters. The molecule has 0 saturated carbocycles. The van der Waals surface area contributed by atoms with E-state index in [-0.39, 0.29) is 6.61 Å². The Morgan fingerprint density at radius 3 is 2.71 bits per heavy atom. The Balaban J connectivity index is 2.34. The highest BCUT2D eigenvalue weighted by Crippen LogP contribution is 2.32. The molecule has 0 bridgehead atoms. The molecule has 1 heterocycles. The maximum absolute atomic E-state index is 9.45. The zero-order valence-corrected chi connectivity index (χ0v) is 10.2. The zero-order valence-electron chi connectivity index (χ0n) is 9.34. The summed E-state index contributed by atoms with van der Waals surface area (Å²) in [6.07, 6.45) is -0.377. The molecule has 1 aromatic carbocycles. The highest BCUT2D eigenvalue weighted by Gasteiger charge is 2.11. The fourth-order valence-electron chi connectivity index (χ4n) is 1.76. The molecule has 0 fully saturated rings. The van der Waals surface area contributed by atoms with E-state index in [1.165, 1.54) is 0 Å². The van der Waals surface area contributed by atoms with Crippen molar-refractivity contribution in [2.45, 2.75) is 12.5 Å². The summed E-state index contributed by atoms with van der Waals surface area (Å²) in [6.45, 7) is -0.247. The third kappa shape index (κ3) is 2.66. The normalized spacial score (nSPS) is 12.6. The monoisotopic (exact) mass is 249 g/mol. The van der Waals surface area contributed by atoms with Crippen LogP contribution in [-0.4, -0.2) is 22.9 Å². The molecule has 3 nitrogen and oxygen atoms in total. The van der Waals surface area contributed by atoms with Crippen LogP contribution in [0.25, 0.3) is 10.4 Å². The van der Waals surface area contributed by atoms with Crippen LogP contribution in [0.15, 0.2) is 35.7 Å². The summed E-state index contributed by atoms with van der Waals surface area (Å²) in [5.41, 5.74) is 8.64. The van der Waals surface area contributed by atoms with E-state index >= 15 is 0 Å². The number of hydrogen-bond donors (Lipinski definition) is 3. The SMILES string of the molecule is Nc1c(CC(O)CO)cccc1-c1cccs1. The van der Waals surface area contributed by atoms with Crippen molar-refractivity contribution in [1.29, 1.82) is 0 Å². The minimum Gasteiger partial charge on any atom is -0.398 e. The van der Waals surface area contributed by atoms with Gasteiger partial charge in [-0.15, -0.1) is 11.3 Å². The molecule has 4 N–H and O–H groups in total. The molecular weight excluding hydrogens is 234 g/mol. The van der Waals surface area contributed by atoms with Crippen molar-refractivity contribution in [2.75, 3.05) is 12.3 Å². The molecule has 4 heteroatoms. The zero-order chi connectivity index (χ0) is 12.3. The number of benzene rings is 1. The number of nitrogens with two attached hydrogens (primary N) is 1. The van der Waals surface area contributed by atoms with E-state index in [2.05, 4.69) is 0 Å². The molecule has 1 aromatic heterocycles. The number of nitrogen functional groups attached to an aromatic ring is 1. The largest absolute Gasteiger partial charge is 0.398 e. The maximum atomic E-state index is 9.45. The minimum atomic E-state index is -0.754. The Morgan fingerprint density at radius 2 is 2.06 bits per heavy atom. The number of anilines is 1. The lowest BCUT2D eigenvalue weighted by Gasteiger charge is -2.12. The molecule has 90 valence electrons. The van der Waals surface area contributed by atoms with Gasteiger partial charge in [0.25, 0.3) is 0 Å². The third-order valence-electron chi connectivity index (χ3n) is 2.65. The molecule has 0 aliphatic carbocycles. The molecule has 17 heavy (non-hydrogen) atoms. The van der Waals surface area contributed by atoms with E-state index < -0.39 is 6.10 Å². The van der Waals surface area contributed by atoms with Crippen LogP contribution in [0.4, 0.5) is 5.69 Å². The summed E-state index contributed by atoms with van der Waals surface area (Å²) in [7, 11) is 0. The van der Waals surface area contributed by atoms with Gasteiger partial charge in [-0.2, -0.15) is 0 Å². The fourth-order valence-corrected chi connectivity index (χ4v) is 2.52. The second kappa shape index (κ2) is 5.31. The van der Waals surface area contributed by atoms with Crippen molar-refractivity contribution in [1.82, 2.24) is 0 Å². The van der Waals surface area contributed by atoms with Crippen LogP contribution in [0.1, 0.15) is 5.56 Å². The van der Waals surface area contributed by atoms with Gasteiger partial charge in [-0.3, -0.25) is 0 Å². The summed E-state index contributed by atoms with van der Waals surface area (Å²) in [4.78, 5) is 1.11. The predicted molar refractivity (Wildman–Crippen MR) is 71.0 cm³/mol. The van der Waals surface area contributed by atoms with Gasteiger partial charge in [0.2, 0.25) is 0 Å². The summed E-state index contributed by atoms with van der Waals surface area (Å²) in [6, 6.07) is 9.77.